The van der Waals surface area contributed by atoms with E-state index in [-0.39, 0.29) is 0 Å². The summed E-state index contributed by atoms with van der Waals surface area (Å²) >= 11 is 0. The van der Waals surface area contributed by atoms with Gasteiger partial charge in [-0.1, -0.05) is 6.07 Å². The van der Waals surface area contributed by atoms with E-state index in [2.05, 4.69) is 19.9 Å². The molecule has 0 aliphatic carbocycles. The van der Waals surface area contributed by atoms with Crippen molar-refractivity contribution in [1.29, 1.82) is 0 Å². The maximum Gasteiger partial charge on any atom is 0.182 e. The van der Waals surface area contributed by atoms with Crippen LogP contribution in [0.4, 0.5) is 5.82 Å². The molecule has 0 radical (unpaired) electrons. The second-order valence-electron chi connectivity index (χ2n) is 3.68. The molecule has 0 amide bonds. The smallest absolute Gasteiger partial charge is 0.182 e. The van der Waals surface area contributed by atoms with Gasteiger partial charge in [0, 0.05) is 13.2 Å². The van der Waals surface area contributed by atoms with E-state index < -0.39 is 0 Å². The summed E-state index contributed by atoms with van der Waals surface area (Å²) in [5, 5.41) is 0. The summed E-state index contributed by atoms with van der Waals surface area (Å²) in [5.74, 6) is 0.885. The molecular weight excluding hydrogens is 216 g/mol. The van der Waals surface area contributed by atoms with E-state index in [0.717, 1.165) is 0 Å². The Kier molecular flexibility index (Phi) is 2.01. The molecule has 0 aliphatic rings. The highest BCUT2D eigenvalue weighted by molar-refractivity contribution is 5.83. The number of rotatable bonds is 1. The van der Waals surface area contributed by atoms with Crippen molar-refractivity contribution in [2.75, 3.05) is 5.73 Å². The minimum atomic E-state index is 0.372. The summed E-state index contributed by atoms with van der Waals surface area (Å²) in [6, 6.07) is 5.57. The maximum absolute atomic E-state index is 5.85. The lowest BCUT2D eigenvalue weighted by Gasteiger charge is -2.01. The molecule has 0 bridgehead atoms. The van der Waals surface area contributed by atoms with Gasteiger partial charge < -0.3 is 10.3 Å². The van der Waals surface area contributed by atoms with Gasteiger partial charge in [0.15, 0.2) is 17.3 Å². The zero-order chi connectivity index (χ0) is 11.8. The molecule has 3 heterocycles. The lowest BCUT2D eigenvalue weighted by molar-refractivity contribution is 0.928. The SMILES string of the molecule is Cn1cnc2c(N)nc(-c3ccccn3)nc21. The monoisotopic (exact) mass is 226 g/mol. The number of fused-ring (bicyclic) bond motifs is 1. The van der Waals surface area contributed by atoms with Gasteiger partial charge >= 0.3 is 0 Å². The molecule has 3 aromatic heterocycles. The van der Waals surface area contributed by atoms with E-state index in [1.165, 1.54) is 0 Å². The Hall–Kier alpha value is -2.50. The zero-order valence-corrected chi connectivity index (χ0v) is 9.20. The Balaban J connectivity index is 2.28. The van der Waals surface area contributed by atoms with Crippen molar-refractivity contribution >= 4 is 17.0 Å². The van der Waals surface area contributed by atoms with Gasteiger partial charge in [0.05, 0.1) is 6.33 Å². The molecule has 0 fully saturated rings. The van der Waals surface area contributed by atoms with Gasteiger partial charge in [-0.25, -0.2) is 15.0 Å². The number of aryl methyl sites for hydroxylation is 1. The van der Waals surface area contributed by atoms with E-state index >= 15 is 0 Å². The van der Waals surface area contributed by atoms with Gasteiger partial charge in [-0.05, 0) is 12.1 Å². The number of nitrogen functional groups attached to an aromatic ring is 1. The van der Waals surface area contributed by atoms with Gasteiger partial charge in [0.1, 0.15) is 11.2 Å². The van der Waals surface area contributed by atoms with E-state index in [9.17, 15) is 0 Å². The van der Waals surface area contributed by atoms with E-state index in [4.69, 9.17) is 5.73 Å². The maximum atomic E-state index is 5.85. The number of anilines is 1. The standard InChI is InChI=1S/C11H10N6/c1-17-6-14-8-9(12)15-10(16-11(8)17)7-4-2-3-5-13-7/h2-6H,1H3,(H2,12,15,16). The first-order valence-corrected chi connectivity index (χ1v) is 5.11. The Morgan fingerprint density at radius 2 is 2.06 bits per heavy atom. The van der Waals surface area contributed by atoms with Crippen molar-refractivity contribution < 1.29 is 0 Å². The lowest BCUT2D eigenvalue weighted by atomic mass is 10.3. The quantitative estimate of drug-likeness (QED) is 0.669. The molecule has 6 heteroatoms. The number of hydrogen-bond donors (Lipinski definition) is 1. The Morgan fingerprint density at radius 3 is 2.82 bits per heavy atom. The normalized spacial score (nSPS) is 10.9. The third kappa shape index (κ3) is 1.50. The van der Waals surface area contributed by atoms with Crippen LogP contribution in [-0.2, 0) is 7.05 Å². The van der Waals surface area contributed by atoms with Crippen LogP contribution < -0.4 is 5.73 Å². The third-order valence-corrected chi connectivity index (χ3v) is 2.48. The summed E-state index contributed by atoms with van der Waals surface area (Å²) in [4.78, 5) is 17.0. The Labute approximate surface area is 97.2 Å². The van der Waals surface area contributed by atoms with Gasteiger partial charge in [-0.3, -0.25) is 4.98 Å². The fraction of sp³-hybridized carbons (Fsp3) is 0.0909. The highest BCUT2D eigenvalue weighted by Gasteiger charge is 2.11. The van der Waals surface area contributed by atoms with Crippen LogP contribution in [0.2, 0.25) is 0 Å². The fourth-order valence-corrected chi connectivity index (χ4v) is 1.64. The minimum Gasteiger partial charge on any atom is -0.382 e. The fourth-order valence-electron chi connectivity index (χ4n) is 1.64. The second-order valence-corrected chi connectivity index (χ2v) is 3.68. The van der Waals surface area contributed by atoms with E-state index in [1.54, 1.807) is 17.1 Å². The van der Waals surface area contributed by atoms with Gasteiger partial charge in [0.2, 0.25) is 0 Å². The molecule has 0 saturated carbocycles. The minimum absolute atomic E-state index is 0.372. The third-order valence-electron chi connectivity index (χ3n) is 2.48. The summed E-state index contributed by atoms with van der Waals surface area (Å²) in [7, 11) is 1.87. The number of hydrogen-bond acceptors (Lipinski definition) is 5. The highest BCUT2D eigenvalue weighted by atomic mass is 15.1. The molecule has 0 saturated heterocycles. The molecule has 0 aromatic carbocycles. The highest BCUT2D eigenvalue weighted by Crippen LogP contribution is 2.19. The van der Waals surface area contributed by atoms with Crippen molar-refractivity contribution in [3.05, 3.63) is 30.7 Å². The molecule has 0 atom stereocenters. The van der Waals surface area contributed by atoms with Crippen LogP contribution in [0.5, 0.6) is 0 Å². The molecule has 17 heavy (non-hydrogen) atoms. The van der Waals surface area contributed by atoms with Crippen molar-refractivity contribution in [2.45, 2.75) is 0 Å². The number of nitrogens with two attached hydrogens (primary N) is 1. The summed E-state index contributed by atoms with van der Waals surface area (Å²) < 4.78 is 1.81. The molecule has 3 rings (SSSR count). The Morgan fingerprint density at radius 1 is 1.18 bits per heavy atom. The van der Waals surface area contributed by atoms with Crippen molar-refractivity contribution in [3.63, 3.8) is 0 Å². The van der Waals surface area contributed by atoms with Crippen LogP contribution >= 0.6 is 0 Å². The molecule has 84 valence electrons. The average molecular weight is 226 g/mol. The van der Waals surface area contributed by atoms with Crippen molar-refractivity contribution in [3.8, 4) is 11.5 Å². The number of nitrogens with zero attached hydrogens (tertiary/aromatic N) is 5. The first kappa shape index (κ1) is 9.71. The predicted molar refractivity (Wildman–Crippen MR) is 63.9 cm³/mol. The first-order valence-electron chi connectivity index (χ1n) is 5.11. The topological polar surface area (TPSA) is 82.5 Å². The molecule has 3 aromatic rings. The zero-order valence-electron chi connectivity index (χ0n) is 9.20. The van der Waals surface area contributed by atoms with Gasteiger partial charge in [0.25, 0.3) is 0 Å². The largest absolute Gasteiger partial charge is 0.382 e. The summed E-state index contributed by atoms with van der Waals surface area (Å²) in [5.41, 5.74) is 7.87. The van der Waals surface area contributed by atoms with E-state index in [0.29, 0.717) is 28.5 Å². The van der Waals surface area contributed by atoms with Crippen LogP contribution in [0.15, 0.2) is 30.7 Å². The molecule has 0 aliphatic heterocycles. The summed E-state index contributed by atoms with van der Waals surface area (Å²) in [6.45, 7) is 0. The van der Waals surface area contributed by atoms with E-state index in [1.807, 2.05) is 25.2 Å². The molecule has 6 nitrogen and oxygen atoms in total. The number of imidazole rings is 1. The Bertz CT molecular complexity index is 673. The predicted octanol–water partition coefficient (Wildman–Crippen LogP) is 1.01. The second kappa shape index (κ2) is 3.51. The number of pyridine rings is 1. The van der Waals surface area contributed by atoms with Crippen molar-refractivity contribution in [2.24, 2.45) is 7.05 Å². The summed E-state index contributed by atoms with van der Waals surface area (Å²) in [6.07, 6.45) is 3.36. The van der Waals surface area contributed by atoms with Gasteiger partial charge in [-0.2, -0.15) is 0 Å². The van der Waals surface area contributed by atoms with Crippen LogP contribution in [0.1, 0.15) is 0 Å². The average Bonchev–Trinajstić information content (AvgIpc) is 2.73. The van der Waals surface area contributed by atoms with Crippen LogP contribution in [0.3, 0.4) is 0 Å². The van der Waals surface area contributed by atoms with Crippen LogP contribution in [0.25, 0.3) is 22.7 Å². The molecule has 0 unspecified atom stereocenters. The molecular formula is C11H10N6. The first-order chi connectivity index (χ1) is 8.25. The van der Waals surface area contributed by atoms with Crippen LogP contribution in [-0.4, -0.2) is 24.5 Å². The van der Waals surface area contributed by atoms with Crippen molar-refractivity contribution in [1.82, 2.24) is 24.5 Å². The van der Waals surface area contributed by atoms with Crippen LogP contribution in [0, 0.1) is 0 Å². The number of aromatic nitrogens is 5. The molecule has 0 spiro atoms. The lowest BCUT2D eigenvalue weighted by Crippen LogP contribution is -2.00. The van der Waals surface area contributed by atoms with Gasteiger partial charge in [-0.15, -0.1) is 0 Å². The molecule has 2 N–H and O–H groups in total.